The second-order valence-corrected chi connectivity index (χ2v) is 9.48. The van der Waals surface area contributed by atoms with E-state index in [0.29, 0.717) is 10.6 Å². The van der Waals surface area contributed by atoms with Crippen molar-refractivity contribution >= 4 is 34.7 Å². The summed E-state index contributed by atoms with van der Waals surface area (Å²) in [6, 6.07) is 7.23. The summed E-state index contributed by atoms with van der Waals surface area (Å²) in [5, 5.41) is 6.83. The number of nitrogens with one attached hydrogen (secondary N) is 1. The van der Waals surface area contributed by atoms with Crippen molar-refractivity contribution in [1.82, 2.24) is 29.8 Å². The average molecular weight is 562 g/mol. The van der Waals surface area contributed by atoms with Gasteiger partial charge < -0.3 is 16.0 Å². The Morgan fingerprint density at radius 1 is 1.13 bits per heavy atom. The third kappa shape index (κ3) is 4.97. The lowest BCUT2D eigenvalue weighted by molar-refractivity contribution is -0.136. The van der Waals surface area contributed by atoms with Gasteiger partial charge in [0.1, 0.15) is 23.7 Å². The molecule has 0 spiro atoms. The highest BCUT2D eigenvalue weighted by molar-refractivity contribution is 6.30. The summed E-state index contributed by atoms with van der Waals surface area (Å²) in [6.07, 6.45) is -3.89. The quantitative estimate of drug-likeness (QED) is 0.364. The van der Waals surface area contributed by atoms with Crippen LogP contribution in [0.1, 0.15) is 32.0 Å². The zero-order chi connectivity index (χ0) is 28.1. The van der Waals surface area contributed by atoms with E-state index in [1.165, 1.54) is 35.4 Å². The smallest absolute Gasteiger partial charge is 0.382 e. The summed E-state index contributed by atoms with van der Waals surface area (Å²) in [4.78, 5) is 34.8. The number of nitrogen functional groups attached to an aromatic ring is 1. The van der Waals surface area contributed by atoms with Crippen molar-refractivity contribution < 1.29 is 27.2 Å². The number of carbonyl (C=O) groups excluding carboxylic acids is 2. The van der Waals surface area contributed by atoms with E-state index in [0.717, 1.165) is 16.9 Å². The molecule has 9 nitrogen and oxygen atoms in total. The number of aromatic nitrogens is 4. The van der Waals surface area contributed by atoms with Crippen molar-refractivity contribution in [3.63, 3.8) is 0 Å². The minimum atomic E-state index is -4.73. The standard InChI is InChI=1S/C25H20ClF4N7O2/c1-12-2-3-13(20-8-16(25(28,29)30)21-22(31)33-11-34-37(20)21)6-15(12)23(38)35-19-10-36(9-17(19)27)24(39)18-7-14(26)4-5-32-18/h2-8,11,17,19H,9-10H2,1H3,(H,35,38)(H2,31,33,34)/t17-,19+/m0/s1. The number of nitrogens with zero attached hydrogens (tertiary/aromatic N) is 5. The highest BCUT2D eigenvalue weighted by Gasteiger charge is 2.38. The summed E-state index contributed by atoms with van der Waals surface area (Å²) in [7, 11) is 0. The van der Waals surface area contributed by atoms with Crippen LogP contribution in [0.5, 0.6) is 0 Å². The Balaban J connectivity index is 1.41. The predicted octanol–water partition coefficient (Wildman–Crippen LogP) is 3.95. The van der Waals surface area contributed by atoms with Crippen molar-refractivity contribution in [1.29, 1.82) is 0 Å². The van der Waals surface area contributed by atoms with Gasteiger partial charge in [-0.05, 0) is 36.8 Å². The van der Waals surface area contributed by atoms with E-state index in [1.54, 1.807) is 13.0 Å². The van der Waals surface area contributed by atoms with Gasteiger partial charge in [-0.3, -0.25) is 14.6 Å². The predicted molar refractivity (Wildman–Crippen MR) is 134 cm³/mol. The van der Waals surface area contributed by atoms with Crippen LogP contribution < -0.4 is 11.1 Å². The topological polar surface area (TPSA) is 119 Å². The molecule has 0 saturated carbocycles. The molecule has 14 heteroatoms. The van der Waals surface area contributed by atoms with Gasteiger partial charge in [0.15, 0.2) is 5.82 Å². The fourth-order valence-corrected chi connectivity index (χ4v) is 4.67. The lowest BCUT2D eigenvalue weighted by atomic mass is 10.0. The van der Waals surface area contributed by atoms with E-state index in [4.69, 9.17) is 17.3 Å². The van der Waals surface area contributed by atoms with Gasteiger partial charge in [0, 0.05) is 28.9 Å². The SMILES string of the molecule is Cc1ccc(-c2cc(C(F)(F)F)c3c(N)ncnn23)cc1C(=O)N[C@@H]1CN(C(=O)c2cc(Cl)ccn2)C[C@@H]1F. The Morgan fingerprint density at radius 2 is 1.90 bits per heavy atom. The Bertz CT molecular complexity index is 1610. The first kappa shape index (κ1) is 26.4. The van der Waals surface area contributed by atoms with Gasteiger partial charge >= 0.3 is 6.18 Å². The van der Waals surface area contributed by atoms with Crippen LogP contribution in [0.15, 0.2) is 48.9 Å². The molecule has 202 valence electrons. The minimum Gasteiger partial charge on any atom is -0.382 e. The van der Waals surface area contributed by atoms with E-state index in [-0.39, 0.29) is 41.4 Å². The number of likely N-dealkylation sites (tertiary alicyclic amines) is 1. The minimum absolute atomic E-state index is 0.0375. The van der Waals surface area contributed by atoms with Crippen molar-refractivity contribution in [2.45, 2.75) is 25.3 Å². The maximum absolute atomic E-state index is 14.9. The number of anilines is 1. The molecule has 3 N–H and O–H groups in total. The number of hydrogen-bond donors (Lipinski definition) is 2. The first-order valence-corrected chi connectivity index (χ1v) is 12.0. The molecule has 1 fully saturated rings. The number of fused-ring (bicyclic) bond motifs is 1. The normalized spacial score (nSPS) is 17.5. The van der Waals surface area contributed by atoms with Crippen LogP contribution in [0.25, 0.3) is 16.8 Å². The van der Waals surface area contributed by atoms with Crippen LogP contribution in [0.3, 0.4) is 0 Å². The number of aryl methyl sites for hydroxylation is 1. The van der Waals surface area contributed by atoms with E-state index >= 15 is 0 Å². The lowest BCUT2D eigenvalue weighted by Crippen LogP contribution is -2.42. The van der Waals surface area contributed by atoms with Gasteiger partial charge in [0.05, 0.1) is 23.8 Å². The number of alkyl halides is 4. The molecule has 0 unspecified atom stereocenters. The Morgan fingerprint density at radius 3 is 2.62 bits per heavy atom. The number of hydrogen-bond acceptors (Lipinski definition) is 6. The molecule has 4 heterocycles. The molecule has 0 bridgehead atoms. The molecule has 1 aliphatic rings. The summed E-state index contributed by atoms with van der Waals surface area (Å²) < 4.78 is 57.0. The van der Waals surface area contributed by atoms with Crippen LogP contribution in [-0.4, -0.2) is 61.6 Å². The van der Waals surface area contributed by atoms with Gasteiger partial charge in [-0.15, -0.1) is 0 Å². The second kappa shape index (κ2) is 9.80. The molecule has 1 aliphatic heterocycles. The highest BCUT2D eigenvalue weighted by atomic mass is 35.5. The van der Waals surface area contributed by atoms with Crippen molar-refractivity contribution in [2.24, 2.45) is 0 Å². The van der Waals surface area contributed by atoms with Crippen LogP contribution in [0.4, 0.5) is 23.4 Å². The fraction of sp³-hybridized carbons (Fsp3) is 0.240. The first-order valence-electron chi connectivity index (χ1n) is 11.6. The highest BCUT2D eigenvalue weighted by Crippen LogP contribution is 2.38. The van der Waals surface area contributed by atoms with E-state index in [2.05, 4.69) is 20.4 Å². The number of halogens is 5. The molecule has 4 aromatic rings. The molecule has 1 aromatic carbocycles. The number of benzene rings is 1. The Hall–Kier alpha value is -4.26. The van der Waals surface area contributed by atoms with Gasteiger partial charge in [-0.1, -0.05) is 23.7 Å². The average Bonchev–Trinajstić information content (AvgIpc) is 3.45. The summed E-state index contributed by atoms with van der Waals surface area (Å²) >= 11 is 5.91. The van der Waals surface area contributed by atoms with Crippen LogP contribution >= 0.6 is 11.6 Å². The van der Waals surface area contributed by atoms with E-state index in [9.17, 15) is 27.2 Å². The number of amides is 2. The van der Waals surface area contributed by atoms with Crippen LogP contribution in [0, 0.1) is 6.92 Å². The third-order valence-electron chi connectivity index (χ3n) is 6.46. The van der Waals surface area contributed by atoms with E-state index in [1.807, 2.05) is 0 Å². The molecule has 39 heavy (non-hydrogen) atoms. The van der Waals surface area contributed by atoms with Gasteiger partial charge in [0.2, 0.25) is 0 Å². The zero-order valence-electron chi connectivity index (χ0n) is 20.2. The molecule has 0 aliphatic carbocycles. The molecule has 3 aromatic heterocycles. The molecule has 2 amide bonds. The summed E-state index contributed by atoms with van der Waals surface area (Å²) in [5.74, 6) is -1.53. The summed E-state index contributed by atoms with van der Waals surface area (Å²) in [5.41, 5.74) is 5.25. The van der Waals surface area contributed by atoms with Crippen molar-refractivity contribution in [2.75, 3.05) is 18.8 Å². The fourth-order valence-electron chi connectivity index (χ4n) is 4.51. The summed E-state index contributed by atoms with van der Waals surface area (Å²) in [6.45, 7) is 1.28. The van der Waals surface area contributed by atoms with Gasteiger partial charge in [-0.2, -0.15) is 18.3 Å². The molecule has 5 rings (SSSR count). The molecular formula is C25H20ClF4N7O2. The number of nitrogens with two attached hydrogens (primary N) is 1. The Labute approximate surface area is 223 Å². The van der Waals surface area contributed by atoms with E-state index < -0.39 is 41.3 Å². The zero-order valence-corrected chi connectivity index (χ0v) is 21.0. The molecule has 0 radical (unpaired) electrons. The van der Waals surface area contributed by atoms with Gasteiger partial charge in [-0.25, -0.2) is 13.9 Å². The monoisotopic (exact) mass is 561 g/mol. The van der Waals surface area contributed by atoms with Crippen molar-refractivity contribution in [3.05, 3.63) is 76.3 Å². The molecular weight excluding hydrogens is 542 g/mol. The number of carbonyl (C=O) groups is 2. The van der Waals surface area contributed by atoms with Crippen LogP contribution in [-0.2, 0) is 6.18 Å². The van der Waals surface area contributed by atoms with Crippen molar-refractivity contribution in [3.8, 4) is 11.3 Å². The maximum Gasteiger partial charge on any atom is 0.418 e. The largest absolute Gasteiger partial charge is 0.418 e. The number of rotatable bonds is 4. The molecule has 2 atom stereocenters. The van der Waals surface area contributed by atoms with Crippen LogP contribution in [0.2, 0.25) is 5.02 Å². The Kier molecular flexibility index (Phi) is 6.62. The maximum atomic E-state index is 14.9. The molecule has 1 saturated heterocycles. The lowest BCUT2D eigenvalue weighted by Gasteiger charge is -2.17. The third-order valence-corrected chi connectivity index (χ3v) is 6.69. The van der Waals surface area contributed by atoms with Gasteiger partial charge in [0.25, 0.3) is 11.8 Å². The second-order valence-electron chi connectivity index (χ2n) is 9.04. The first-order chi connectivity index (χ1) is 18.4. The number of pyridine rings is 1.